The average Bonchev–Trinajstić information content (AvgIpc) is 3.30. The molecule has 3 aromatic rings. The molecule has 1 saturated carbocycles. The van der Waals surface area contributed by atoms with E-state index in [-0.39, 0.29) is 11.5 Å². The maximum atomic E-state index is 14.9. The van der Waals surface area contributed by atoms with Gasteiger partial charge in [-0.25, -0.2) is 8.91 Å². The van der Waals surface area contributed by atoms with E-state index >= 15 is 0 Å². The van der Waals surface area contributed by atoms with E-state index in [0.717, 1.165) is 17.5 Å². The van der Waals surface area contributed by atoms with Crippen LogP contribution in [0.2, 0.25) is 0 Å². The summed E-state index contributed by atoms with van der Waals surface area (Å²) in [5, 5.41) is 7.55. The number of aromatic nitrogens is 2. The van der Waals surface area contributed by atoms with Crippen molar-refractivity contribution >= 4 is 23.0 Å². The fourth-order valence-electron chi connectivity index (χ4n) is 4.14. The van der Waals surface area contributed by atoms with Crippen LogP contribution in [0.15, 0.2) is 42.7 Å². The molecule has 2 heterocycles. The highest BCUT2D eigenvalue weighted by molar-refractivity contribution is 6.02. The van der Waals surface area contributed by atoms with Crippen LogP contribution in [-0.2, 0) is 0 Å². The molecule has 0 bridgehead atoms. The number of hydrogen-bond donors (Lipinski definition) is 2. The number of carbonyl (C=O) groups excluding carboxylic acids is 2. The molecule has 4 rings (SSSR count). The Morgan fingerprint density at radius 2 is 1.97 bits per heavy atom. The van der Waals surface area contributed by atoms with Crippen molar-refractivity contribution in [3.05, 3.63) is 53.9 Å². The number of hydrogen-bond acceptors (Lipinski definition) is 4. The van der Waals surface area contributed by atoms with E-state index in [1.807, 2.05) is 24.4 Å². The molecule has 8 heteroatoms. The fourth-order valence-corrected chi connectivity index (χ4v) is 4.14. The number of carbonyl (C=O) groups is 2. The summed E-state index contributed by atoms with van der Waals surface area (Å²) in [6, 6.07) is 8.75. The number of alkyl halides is 1. The number of nitrogens with one attached hydrogen (secondary N) is 1. The van der Waals surface area contributed by atoms with Gasteiger partial charge in [0.1, 0.15) is 5.67 Å². The Balaban J connectivity index is 1.75. The monoisotopic (exact) mass is 423 g/mol. The summed E-state index contributed by atoms with van der Waals surface area (Å²) in [5.74, 6) is -0.691. The number of primary amides is 1. The first kappa shape index (κ1) is 20.8. The standard InChI is InChI=1S/C23H26FN5O2/c1-23(24)10-4-5-19(23)27-20-17(21(25)30)12-26-29-13-16(11-18(20)29)14-6-8-15(9-7-14)22(31)28(2)3/h6-9,11-13,19,27H,4-5,10H2,1-3H3,(H2,25,30)/t19-,23+/m1/s1. The molecule has 1 aliphatic carbocycles. The van der Waals surface area contributed by atoms with Gasteiger partial charge < -0.3 is 16.0 Å². The Morgan fingerprint density at radius 1 is 1.26 bits per heavy atom. The topological polar surface area (TPSA) is 92.7 Å². The minimum absolute atomic E-state index is 0.0707. The summed E-state index contributed by atoms with van der Waals surface area (Å²) in [6.45, 7) is 1.58. The first-order valence-electron chi connectivity index (χ1n) is 10.3. The molecule has 31 heavy (non-hydrogen) atoms. The van der Waals surface area contributed by atoms with Crippen LogP contribution in [0.5, 0.6) is 0 Å². The Kier molecular flexibility index (Phi) is 5.16. The van der Waals surface area contributed by atoms with Gasteiger partial charge in [0.2, 0.25) is 0 Å². The maximum absolute atomic E-state index is 14.9. The second-order valence-electron chi connectivity index (χ2n) is 8.50. The molecule has 0 saturated heterocycles. The average molecular weight is 423 g/mol. The quantitative estimate of drug-likeness (QED) is 0.657. The van der Waals surface area contributed by atoms with Crippen LogP contribution >= 0.6 is 0 Å². The lowest BCUT2D eigenvalue weighted by Crippen LogP contribution is -2.36. The van der Waals surface area contributed by atoms with Gasteiger partial charge >= 0.3 is 0 Å². The molecule has 0 radical (unpaired) electrons. The number of benzene rings is 1. The van der Waals surface area contributed by atoms with Gasteiger partial charge in [-0.1, -0.05) is 12.1 Å². The summed E-state index contributed by atoms with van der Waals surface area (Å²) in [7, 11) is 3.42. The molecule has 0 unspecified atom stereocenters. The smallest absolute Gasteiger partial charge is 0.253 e. The Hall–Kier alpha value is -3.42. The lowest BCUT2D eigenvalue weighted by Gasteiger charge is -2.26. The van der Waals surface area contributed by atoms with Crippen LogP contribution in [0.4, 0.5) is 10.1 Å². The van der Waals surface area contributed by atoms with Crippen molar-refractivity contribution in [1.29, 1.82) is 0 Å². The number of anilines is 1. The molecule has 162 valence electrons. The van der Waals surface area contributed by atoms with Crippen molar-refractivity contribution in [3.8, 4) is 11.1 Å². The predicted molar refractivity (Wildman–Crippen MR) is 118 cm³/mol. The van der Waals surface area contributed by atoms with Gasteiger partial charge in [0.05, 0.1) is 29.0 Å². The largest absolute Gasteiger partial charge is 0.377 e. The van der Waals surface area contributed by atoms with Gasteiger partial charge in [-0.3, -0.25) is 9.59 Å². The first-order valence-corrected chi connectivity index (χ1v) is 10.3. The van der Waals surface area contributed by atoms with Crippen LogP contribution in [-0.4, -0.2) is 52.1 Å². The van der Waals surface area contributed by atoms with Crippen molar-refractivity contribution in [2.45, 2.75) is 37.9 Å². The maximum Gasteiger partial charge on any atom is 0.253 e. The zero-order chi connectivity index (χ0) is 22.3. The minimum atomic E-state index is -1.36. The number of rotatable bonds is 5. The van der Waals surface area contributed by atoms with Crippen molar-refractivity contribution in [2.75, 3.05) is 19.4 Å². The van der Waals surface area contributed by atoms with Crippen molar-refractivity contribution < 1.29 is 14.0 Å². The number of halogens is 1. The second kappa shape index (κ2) is 7.68. The molecule has 7 nitrogen and oxygen atoms in total. The van der Waals surface area contributed by atoms with E-state index in [1.165, 1.54) is 11.1 Å². The zero-order valence-electron chi connectivity index (χ0n) is 17.9. The highest BCUT2D eigenvalue weighted by atomic mass is 19.1. The molecular formula is C23H26FN5O2. The second-order valence-corrected chi connectivity index (χ2v) is 8.50. The molecule has 2 amide bonds. The van der Waals surface area contributed by atoms with E-state index in [4.69, 9.17) is 5.73 Å². The molecule has 2 atom stereocenters. The van der Waals surface area contributed by atoms with Crippen LogP contribution in [0, 0.1) is 0 Å². The van der Waals surface area contributed by atoms with E-state index in [2.05, 4.69) is 10.4 Å². The van der Waals surface area contributed by atoms with Crippen molar-refractivity contribution in [1.82, 2.24) is 14.5 Å². The zero-order valence-corrected chi connectivity index (χ0v) is 17.9. The fraction of sp³-hybridized carbons (Fsp3) is 0.348. The highest BCUT2D eigenvalue weighted by Crippen LogP contribution is 2.37. The van der Waals surface area contributed by atoms with Crippen LogP contribution in [0.3, 0.4) is 0 Å². The molecule has 0 spiro atoms. The van der Waals surface area contributed by atoms with E-state index < -0.39 is 17.6 Å². The summed E-state index contributed by atoms with van der Waals surface area (Å²) in [4.78, 5) is 25.7. The molecule has 1 aromatic carbocycles. The lowest BCUT2D eigenvalue weighted by atomic mass is 10.0. The molecule has 2 aromatic heterocycles. The van der Waals surface area contributed by atoms with Crippen LogP contribution in [0.1, 0.15) is 46.9 Å². The molecule has 0 aliphatic heterocycles. The number of amides is 2. The Labute approximate surface area is 180 Å². The van der Waals surface area contributed by atoms with Crippen LogP contribution in [0.25, 0.3) is 16.6 Å². The molecular weight excluding hydrogens is 397 g/mol. The van der Waals surface area contributed by atoms with Gasteiger partial charge in [0, 0.05) is 31.4 Å². The number of nitrogens with zero attached hydrogens (tertiary/aromatic N) is 3. The van der Waals surface area contributed by atoms with Gasteiger partial charge in [-0.15, -0.1) is 0 Å². The predicted octanol–water partition coefficient (Wildman–Crippen LogP) is 3.49. The Morgan fingerprint density at radius 3 is 2.55 bits per heavy atom. The summed E-state index contributed by atoms with van der Waals surface area (Å²) < 4.78 is 16.5. The van der Waals surface area contributed by atoms with Crippen LogP contribution < -0.4 is 11.1 Å². The molecule has 3 N–H and O–H groups in total. The highest BCUT2D eigenvalue weighted by Gasteiger charge is 2.39. The lowest BCUT2D eigenvalue weighted by molar-refractivity contribution is 0.0827. The summed E-state index contributed by atoms with van der Waals surface area (Å²) in [6.07, 6.45) is 5.17. The summed E-state index contributed by atoms with van der Waals surface area (Å²) >= 11 is 0. The van der Waals surface area contributed by atoms with E-state index in [9.17, 15) is 14.0 Å². The first-order chi connectivity index (χ1) is 14.7. The SMILES string of the molecule is CN(C)C(=O)c1ccc(-c2cc3c(N[C@@H]4CCC[C@]4(C)F)c(C(N)=O)cnn3c2)cc1. The van der Waals surface area contributed by atoms with Crippen molar-refractivity contribution in [3.63, 3.8) is 0 Å². The Bertz CT molecular complexity index is 1150. The van der Waals surface area contributed by atoms with Crippen molar-refractivity contribution in [2.24, 2.45) is 5.73 Å². The third kappa shape index (κ3) is 3.85. The van der Waals surface area contributed by atoms with Gasteiger partial charge in [-0.2, -0.15) is 5.10 Å². The van der Waals surface area contributed by atoms with Gasteiger partial charge in [0.25, 0.3) is 11.8 Å². The van der Waals surface area contributed by atoms with Gasteiger partial charge in [0.15, 0.2) is 0 Å². The number of fused-ring (bicyclic) bond motifs is 1. The van der Waals surface area contributed by atoms with E-state index in [1.54, 1.807) is 37.7 Å². The third-order valence-corrected chi connectivity index (χ3v) is 5.98. The summed E-state index contributed by atoms with van der Waals surface area (Å²) in [5.41, 5.74) is 7.92. The molecule has 1 aliphatic rings. The minimum Gasteiger partial charge on any atom is -0.377 e. The number of nitrogens with two attached hydrogens (primary N) is 1. The van der Waals surface area contributed by atoms with E-state index in [0.29, 0.717) is 29.6 Å². The molecule has 1 fully saturated rings. The third-order valence-electron chi connectivity index (χ3n) is 5.98. The van der Waals surface area contributed by atoms with Gasteiger partial charge in [-0.05, 0) is 49.9 Å². The normalized spacial score (nSPS) is 20.7.